The average molecular weight is 374 g/mol. The van der Waals surface area contributed by atoms with Gasteiger partial charge in [-0.3, -0.25) is 9.69 Å². The maximum Gasteiger partial charge on any atom is 0.195 e. The van der Waals surface area contributed by atoms with Crippen molar-refractivity contribution < 1.29 is 23.4 Å². The fourth-order valence-corrected chi connectivity index (χ4v) is 4.14. The molecular weight excluding hydrogens is 354 g/mol. The second-order valence-corrected chi connectivity index (χ2v) is 7.33. The number of carbonyl (C=O) groups is 1. The van der Waals surface area contributed by atoms with Crippen molar-refractivity contribution in [1.82, 2.24) is 9.88 Å². The molecule has 4 rings (SSSR count). The fraction of sp³-hybridized carbons (Fsp3) is 0.400. The van der Waals surface area contributed by atoms with Gasteiger partial charge in [0, 0.05) is 19.2 Å². The van der Waals surface area contributed by atoms with Crippen LogP contribution in [0.5, 0.6) is 11.5 Å². The number of ketones is 1. The zero-order chi connectivity index (χ0) is 19.0. The van der Waals surface area contributed by atoms with E-state index >= 15 is 0 Å². The van der Waals surface area contributed by atoms with Crippen molar-refractivity contribution >= 4 is 5.78 Å². The van der Waals surface area contributed by atoms with Crippen LogP contribution < -0.4 is 4.74 Å². The maximum absolute atomic E-state index is 13.3. The van der Waals surface area contributed by atoms with E-state index in [1.807, 2.05) is 0 Å². The number of halogens is 2. The van der Waals surface area contributed by atoms with Crippen molar-refractivity contribution in [3.63, 3.8) is 0 Å². The van der Waals surface area contributed by atoms with Gasteiger partial charge in [0.1, 0.15) is 17.2 Å². The predicted octanol–water partition coefficient (Wildman–Crippen LogP) is 3.04. The number of likely N-dealkylation sites (tertiary alicyclic amines) is 1. The molecule has 2 aliphatic rings. The number of ether oxygens (including phenoxy) is 1. The fourth-order valence-electron chi connectivity index (χ4n) is 4.14. The first-order chi connectivity index (χ1) is 13.0. The van der Waals surface area contributed by atoms with Crippen molar-refractivity contribution in [3.05, 3.63) is 53.9 Å². The van der Waals surface area contributed by atoms with Gasteiger partial charge < -0.3 is 9.84 Å². The zero-order valence-corrected chi connectivity index (χ0v) is 14.6. The lowest BCUT2D eigenvalue weighted by molar-refractivity contribution is 0.0931. The Morgan fingerprint density at radius 2 is 1.89 bits per heavy atom. The Hall–Kier alpha value is -2.54. The van der Waals surface area contributed by atoms with Crippen molar-refractivity contribution in [2.75, 3.05) is 19.6 Å². The monoisotopic (exact) mass is 374 g/mol. The number of rotatable bonds is 5. The van der Waals surface area contributed by atoms with Crippen molar-refractivity contribution in [2.45, 2.75) is 18.9 Å². The molecule has 0 amide bonds. The molecule has 142 valence electrons. The van der Waals surface area contributed by atoms with Gasteiger partial charge in [0.2, 0.25) is 0 Å². The number of fused-ring (bicyclic) bond motifs is 1. The lowest BCUT2D eigenvalue weighted by atomic mass is 10.0. The third-order valence-corrected chi connectivity index (χ3v) is 5.38. The van der Waals surface area contributed by atoms with E-state index in [-0.39, 0.29) is 17.6 Å². The Bertz CT molecular complexity index is 830. The summed E-state index contributed by atoms with van der Waals surface area (Å²) in [6, 6.07) is 6.59. The summed E-state index contributed by atoms with van der Waals surface area (Å²) in [6.07, 6.45) is 2.94. The highest BCUT2D eigenvalue weighted by atomic mass is 19.2. The molecule has 2 fully saturated rings. The van der Waals surface area contributed by atoms with E-state index in [1.54, 1.807) is 0 Å². The number of Topliss-reactive ketones (excluding diaryl/α,β-unsaturated/α-hetero) is 1. The van der Waals surface area contributed by atoms with Gasteiger partial charge in [-0.25, -0.2) is 13.8 Å². The van der Waals surface area contributed by atoms with E-state index in [9.17, 15) is 18.7 Å². The van der Waals surface area contributed by atoms with Gasteiger partial charge in [-0.15, -0.1) is 0 Å². The standard InChI is InChI=1S/C20H20F2N2O3/c21-17-3-2-15(7-18(17)22)27-16-5-12-9-24(10-13(12)6-16)11-20(26)19-4-1-14(25)8-23-19/h1-4,7-8,12-13,16,25H,5-6,9-11H2/t12-,13+,16+. The second-order valence-electron chi connectivity index (χ2n) is 7.33. The molecule has 0 bridgehead atoms. The predicted molar refractivity (Wildman–Crippen MR) is 93.7 cm³/mol. The van der Waals surface area contributed by atoms with Crippen LogP contribution >= 0.6 is 0 Å². The summed E-state index contributed by atoms with van der Waals surface area (Å²) in [6.45, 7) is 1.93. The summed E-state index contributed by atoms with van der Waals surface area (Å²) in [4.78, 5) is 18.4. The van der Waals surface area contributed by atoms with Crippen LogP contribution in [-0.2, 0) is 0 Å². The number of carbonyl (C=O) groups excluding carboxylic acids is 1. The molecule has 1 saturated carbocycles. The van der Waals surface area contributed by atoms with Crippen LogP contribution in [0, 0.1) is 23.5 Å². The molecule has 1 aromatic carbocycles. The van der Waals surface area contributed by atoms with Gasteiger partial charge in [-0.2, -0.15) is 0 Å². The maximum atomic E-state index is 13.3. The molecule has 2 aromatic rings. The quantitative estimate of drug-likeness (QED) is 0.815. The van der Waals surface area contributed by atoms with Crippen molar-refractivity contribution in [1.29, 1.82) is 0 Å². The Morgan fingerprint density at radius 3 is 2.52 bits per heavy atom. The summed E-state index contributed by atoms with van der Waals surface area (Å²) in [7, 11) is 0. The smallest absolute Gasteiger partial charge is 0.195 e. The largest absolute Gasteiger partial charge is 0.506 e. The molecule has 27 heavy (non-hydrogen) atoms. The molecule has 1 saturated heterocycles. The van der Waals surface area contributed by atoms with Gasteiger partial charge in [-0.05, 0) is 48.9 Å². The van der Waals surface area contributed by atoms with Gasteiger partial charge in [-0.1, -0.05) is 0 Å². The van der Waals surface area contributed by atoms with Crippen LogP contribution in [0.3, 0.4) is 0 Å². The van der Waals surface area contributed by atoms with E-state index in [0.29, 0.717) is 29.8 Å². The Kier molecular flexibility index (Phi) is 4.78. The van der Waals surface area contributed by atoms with E-state index in [2.05, 4.69) is 9.88 Å². The first-order valence-corrected chi connectivity index (χ1v) is 9.00. The van der Waals surface area contributed by atoms with E-state index < -0.39 is 11.6 Å². The minimum Gasteiger partial charge on any atom is -0.506 e. The van der Waals surface area contributed by atoms with Gasteiger partial charge in [0.25, 0.3) is 0 Å². The van der Waals surface area contributed by atoms with Crippen molar-refractivity contribution in [3.8, 4) is 11.5 Å². The first-order valence-electron chi connectivity index (χ1n) is 9.00. The summed E-state index contributed by atoms with van der Waals surface area (Å²) >= 11 is 0. The first kappa shape index (κ1) is 17.9. The molecule has 0 unspecified atom stereocenters. The van der Waals surface area contributed by atoms with Gasteiger partial charge in [0.05, 0.1) is 18.8 Å². The van der Waals surface area contributed by atoms with Crippen LogP contribution in [0.2, 0.25) is 0 Å². The molecule has 3 atom stereocenters. The van der Waals surface area contributed by atoms with E-state index in [1.165, 1.54) is 24.4 Å². The molecule has 1 aliphatic heterocycles. The Balaban J connectivity index is 1.29. The van der Waals surface area contributed by atoms with Crippen LogP contribution in [0.25, 0.3) is 0 Å². The summed E-state index contributed by atoms with van der Waals surface area (Å²) < 4.78 is 32.1. The second kappa shape index (κ2) is 7.23. The van der Waals surface area contributed by atoms with Crippen LogP contribution in [0.15, 0.2) is 36.5 Å². The molecule has 7 heteroatoms. The van der Waals surface area contributed by atoms with Crippen molar-refractivity contribution in [2.24, 2.45) is 11.8 Å². The molecular formula is C20H20F2N2O3. The molecule has 0 radical (unpaired) electrons. The molecule has 1 aliphatic carbocycles. The number of benzene rings is 1. The summed E-state index contributed by atoms with van der Waals surface area (Å²) in [5.74, 6) is -0.600. The average Bonchev–Trinajstić information content (AvgIpc) is 3.16. The molecule has 2 heterocycles. The third-order valence-electron chi connectivity index (χ3n) is 5.38. The molecule has 1 aromatic heterocycles. The van der Waals surface area contributed by atoms with Crippen LogP contribution in [0.4, 0.5) is 8.78 Å². The minimum atomic E-state index is -0.904. The topological polar surface area (TPSA) is 62.7 Å². The SMILES string of the molecule is O=C(CN1C[C@H]2C[C@H](Oc3ccc(F)c(F)c3)C[C@H]2C1)c1ccc(O)cn1. The van der Waals surface area contributed by atoms with Crippen LogP contribution in [0.1, 0.15) is 23.3 Å². The number of aromatic nitrogens is 1. The number of hydrogen-bond donors (Lipinski definition) is 1. The third kappa shape index (κ3) is 3.93. The lowest BCUT2D eigenvalue weighted by Gasteiger charge is -2.19. The Labute approximate surface area is 155 Å². The number of aromatic hydroxyl groups is 1. The summed E-state index contributed by atoms with van der Waals surface area (Å²) in [5.41, 5.74) is 0.351. The summed E-state index contributed by atoms with van der Waals surface area (Å²) in [5, 5.41) is 9.26. The van der Waals surface area contributed by atoms with E-state index in [0.717, 1.165) is 38.1 Å². The Morgan fingerprint density at radius 1 is 1.15 bits per heavy atom. The molecule has 1 N–H and O–H groups in total. The van der Waals surface area contributed by atoms with Gasteiger partial charge in [0.15, 0.2) is 17.4 Å². The highest BCUT2D eigenvalue weighted by Crippen LogP contribution is 2.39. The number of hydrogen-bond acceptors (Lipinski definition) is 5. The molecule has 0 spiro atoms. The van der Waals surface area contributed by atoms with Gasteiger partial charge >= 0.3 is 0 Å². The normalized spacial score (nSPS) is 24.7. The number of nitrogens with zero attached hydrogens (tertiary/aromatic N) is 2. The highest BCUT2D eigenvalue weighted by molar-refractivity contribution is 5.95. The van der Waals surface area contributed by atoms with E-state index in [4.69, 9.17) is 4.74 Å². The minimum absolute atomic E-state index is 0.0125. The van der Waals surface area contributed by atoms with Crippen LogP contribution in [-0.4, -0.2) is 46.5 Å². The molecule has 5 nitrogen and oxygen atoms in total. The highest BCUT2D eigenvalue weighted by Gasteiger charge is 2.42. The zero-order valence-electron chi connectivity index (χ0n) is 14.6. The number of pyridine rings is 1. The lowest BCUT2D eigenvalue weighted by Crippen LogP contribution is -2.30.